The van der Waals surface area contributed by atoms with Crippen LogP contribution in [0.1, 0.15) is 25.8 Å². The van der Waals surface area contributed by atoms with Crippen molar-refractivity contribution in [2.45, 2.75) is 26.4 Å². The molecule has 144 valence electrons. The van der Waals surface area contributed by atoms with Crippen molar-refractivity contribution in [2.75, 3.05) is 0 Å². The van der Waals surface area contributed by atoms with Crippen molar-refractivity contribution in [1.29, 1.82) is 0 Å². The van der Waals surface area contributed by atoms with Crippen LogP contribution in [0.15, 0.2) is 24.3 Å². The topological polar surface area (TPSA) is 154 Å². The summed E-state index contributed by atoms with van der Waals surface area (Å²) in [6.45, 7) is 2.31. The summed E-state index contributed by atoms with van der Waals surface area (Å²) in [4.78, 5) is 55.3. The first-order valence-electron chi connectivity index (χ1n) is 7.42. The molecule has 0 radical (unpaired) electrons. The van der Waals surface area contributed by atoms with Crippen LogP contribution in [0.5, 0.6) is 11.5 Å². The van der Waals surface area contributed by atoms with Crippen LogP contribution < -0.4 is 9.47 Å². The average molecular weight is 380 g/mol. The predicted molar refractivity (Wildman–Crippen MR) is 87.9 cm³/mol. The van der Waals surface area contributed by atoms with Gasteiger partial charge in [-0.3, -0.25) is 14.4 Å². The Balaban J connectivity index is 2.94. The van der Waals surface area contributed by atoms with E-state index in [4.69, 9.17) is 19.7 Å². The van der Waals surface area contributed by atoms with Crippen LogP contribution in [0.2, 0.25) is 0 Å². The molecule has 0 saturated carbocycles. The van der Waals surface area contributed by atoms with Crippen LogP contribution in [-0.2, 0) is 28.7 Å². The summed E-state index contributed by atoms with van der Waals surface area (Å²) in [7, 11) is 0. The van der Waals surface area contributed by atoms with Gasteiger partial charge in [-0.1, -0.05) is 6.07 Å². The zero-order chi connectivity index (χ0) is 20.6. The minimum absolute atomic E-state index is 0.00942. The molecule has 1 rings (SSSR count). The summed E-state index contributed by atoms with van der Waals surface area (Å²) < 4.78 is 14.4. The van der Waals surface area contributed by atoms with Gasteiger partial charge in [-0.2, -0.15) is 0 Å². The van der Waals surface area contributed by atoms with Gasteiger partial charge in [0.15, 0.2) is 11.5 Å². The van der Waals surface area contributed by atoms with E-state index < -0.39 is 42.4 Å². The highest BCUT2D eigenvalue weighted by molar-refractivity contribution is 5.90. The van der Waals surface area contributed by atoms with Crippen molar-refractivity contribution in [2.24, 2.45) is 0 Å². The maximum atomic E-state index is 11.7. The minimum Gasteiger partial charge on any atom is -0.481 e. The predicted octanol–water partition coefficient (Wildman–Crippen LogP) is 1.02. The highest BCUT2D eigenvalue weighted by atomic mass is 16.6. The number of carbonyl (C=O) groups excluding carboxylic acids is 3. The fourth-order valence-electron chi connectivity index (χ4n) is 1.78. The van der Waals surface area contributed by atoms with Crippen molar-refractivity contribution in [3.8, 4) is 11.5 Å². The molecule has 0 saturated heterocycles. The SMILES string of the molecule is CC(=O)Oc1ccc(/C=C/C(=O)O[C@H](CC(=O)O)C(=O)O)cc1OC(C)=O. The fourth-order valence-corrected chi connectivity index (χ4v) is 1.78. The summed E-state index contributed by atoms with van der Waals surface area (Å²) in [5, 5.41) is 17.4. The monoisotopic (exact) mass is 380 g/mol. The second kappa shape index (κ2) is 9.70. The number of ether oxygens (including phenoxy) is 3. The normalized spacial score (nSPS) is 11.5. The quantitative estimate of drug-likeness (QED) is 0.379. The Morgan fingerprint density at radius 3 is 2.11 bits per heavy atom. The van der Waals surface area contributed by atoms with Gasteiger partial charge in [0.05, 0.1) is 6.42 Å². The number of benzene rings is 1. The minimum atomic E-state index is -1.83. The van der Waals surface area contributed by atoms with Crippen molar-refractivity contribution >= 4 is 35.9 Å². The maximum absolute atomic E-state index is 11.7. The third-order valence-corrected chi connectivity index (χ3v) is 2.78. The lowest BCUT2D eigenvalue weighted by Gasteiger charge is -2.10. The molecule has 27 heavy (non-hydrogen) atoms. The number of aliphatic carboxylic acids is 2. The molecule has 0 aliphatic rings. The third kappa shape index (κ3) is 7.82. The molecule has 10 heteroatoms. The number of carboxylic acid groups (broad SMARTS) is 2. The number of hydrogen-bond donors (Lipinski definition) is 2. The molecule has 0 fully saturated rings. The lowest BCUT2D eigenvalue weighted by atomic mass is 10.2. The van der Waals surface area contributed by atoms with Gasteiger partial charge >= 0.3 is 29.8 Å². The fraction of sp³-hybridized carbons (Fsp3) is 0.235. The van der Waals surface area contributed by atoms with Crippen LogP contribution in [0.4, 0.5) is 0 Å². The lowest BCUT2D eigenvalue weighted by molar-refractivity contribution is -0.164. The van der Waals surface area contributed by atoms with Gasteiger partial charge < -0.3 is 24.4 Å². The number of rotatable bonds is 8. The summed E-state index contributed by atoms with van der Waals surface area (Å²) >= 11 is 0. The highest BCUT2D eigenvalue weighted by Gasteiger charge is 2.24. The van der Waals surface area contributed by atoms with E-state index in [0.29, 0.717) is 5.56 Å². The first-order valence-corrected chi connectivity index (χ1v) is 7.42. The van der Waals surface area contributed by atoms with Gasteiger partial charge in [0.1, 0.15) is 0 Å². The molecule has 2 N–H and O–H groups in total. The summed E-state index contributed by atoms with van der Waals surface area (Å²) in [6, 6.07) is 4.06. The van der Waals surface area contributed by atoms with E-state index in [1.54, 1.807) is 0 Å². The molecule has 0 unspecified atom stereocenters. The lowest BCUT2D eigenvalue weighted by Crippen LogP contribution is -2.28. The number of carboxylic acids is 2. The van der Waals surface area contributed by atoms with Gasteiger partial charge in [0.25, 0.3) is 0 Å². The molecule has 0 aliphatic heterocycles. The second-order valence-electron chi connectivity index (χ2n) is 5.09. The Morgan fingerprint density at radius 2 is 1.59 bits per heavy atom. The van der Waals surface area contributed by atoms with Crippen molar-refractivity contribution < 1.29 is 48.4 Å². The van der Waals surface area contributed by atoms with Crippen LogP contribution >= 0.6 is 0 Å². The summed E-state index contributed by atoms with van der Waals surface area (Å²) in [5.41, 5.74) is 0.337. The molecular weight excluding hydrogens is 364 g/mol. The van der Waals surface area contributed by atoms with Gasteiger partial charge in [-0.15, -0.1) is 0 Å². The molecule has 0 aromatic heterocycles. The van der Waals surface area contributed by atoms with Crippen LogP contribution in [0, 0.1) is 0 Å². The Kier molecular flexibility index (Phi) is 7.68. The zero-order valence-corrected chi connectivity index (χ0v) is 14.3. The molecule has 0 spiro atoms. The van der Waals surface area contributed by atoms with E-state index in [9.17, 15) is 24.0 Å². The van der Waals surface area contributed by atoms with Crippen LogP contribution in [-0.4, -0.2) is 46.2 Å². The van der Waals surface area contributed by atoms with Gasteiger partial charge in [0.2, 0.25) is 6.10 Å². The summed E-state index contributed by atoms with van der Waals surface area (Å²) in [5.74, 6) is -5.49. The van der Waals surface area contributed by atoms with E-state index >= 15 is 0 Å². The van der Waals surface area contributed by atoms with Gasteiger partial charge in [-0.05, 0) is 23.8 Å². The van der Waals surface area contributed by atoms with E-state index in [-0.39, 0.29) is 11.5 Å². The molecule has 0 bridgehead atoms. The van der Waals surface area contributed by atoms with Crippen molar-refractivity contribution in [3.05, 3.63) is 29.8 Å². The van der Waals surface area contributed by atoms with Crippen molar-refractivity contribution in [3.63, 3.8) is 0 Å². The van der Waals surface area contributed by atoms with Crippen LogP contribution in [0.25, 0.3) is 6.08 Å². The molecule has 10 nitrogen and oxygen atoms in total. The molecule has 0 heterocycles. The first kappa shape index (κ1) is 21.4. The molecule has 0 aliphatic carbocycles. The Labute approximate surface area is 152 Å². The second-order valence-corrected chi connectivity index (χ2v) is 5.09. The van der Waals surface area contributed by atoms with E-state index in [1.165, 1.54) is 24.3 Å². The molecule has 1 atom stereocenters. The molecular formula is C17H16O10. The first-order chi connectivity index (χ1) is 12.6. The Hall–Kier alpha value is -3.69. The third-order valence-electron chi connectivity index (χ3n) is 2.78. The maximum Gasteiger partial charge on any atom is 0.345 e. The molecule has 0 amide bonds. The van der Waals surface area contributed by atoms with Crippen molar-refractivity contribution in [1.82, 2.24) is 0 Å². The highest BCUT2D eigenvalue weighted by Crippen LogP contribution is 2.29. The van der Waals surface area contributed by atoms with E-state index in [1.807, 2.05) is 0 Å². The Bertz CT molecular complexity index is 793. The molecule has 1 aromatic rings. The van der Waals surface area contributed by atoms with Crippen LogP contribution in [0.3, 0.4) is 0 Å². The largest absolute Gasteiger partial charge is 0.481 e. The average Bonchev–Trinajstić information content (AvgIpc) is 2.53. The number of carbonyl (C=O) groups is 5. The van der Waals surface area contributed by atoms with E-state index in [2.05, 4.69) is 4.74 Å². The number of hydrogen-bond acceptors (Lipinski definition) is 8. The van der Waals surface area contributed by atoms with Gasteiger partial charge in [0, 0.05) is 19.9 Å². The smallest absolute Gasteiger partial charge is 0.345 e. The molecule has 1 aromatic carbocycles. The van der Waals surface area contributed by atoms with E-state index in [0.717, 1.165) is 19.9 Å². The van der Waals surface area contributed by atoms with Gasteiger partial charge in [-0.25, -0.2) is 9.59 Å². The zero-order valence-electron chi connectivity index (χ0n) is 14.3. The summed E-state index contributed by atoms with van der Waals surface area (Å²) in [6.07, 6.45) is -0.631. The Morgan fingerprint density at radius 1 is 1.00 bits per heavy atom. The number of esters is 3. The standard InChI is InChI=1S/C17H16O10/c1-9(18)25-12-5-3-11(7-13(12)26-10(2)19)4-6-16(22)27-14(17(23)24)8-15(20)21/h3-7,14H,8H2,1-2H3,(H,20,21)(H,23,24)/b6-4+/t14-/m1/s1.